The number of piperazine rings is 1. The third-order valence-electron chi connectivity index (χ3n) is 3.25. The molecule has 0 radical (unpaired) electrons. The molecule has 1 amide bonds. The van der Waals surface area contributed by atoms with Crippen LogP contribution in [0.1, 0.15) is 12.5 Å². The lowest BCUT2D eigenvalue weighted by atomic mass is 10.2. The van der Waals surface area contributed by atoms with Gasteiger partial charge in [0, 0.05) is 26.2 Å². The van der Waals surface area contributed by atoms with Crippen molar-refractivity contribution in [2.45, 2.75) is 24.1 Å². The molecule has 21 heavy (non-hydrogen) atoms. The molecule has 1 fully saturated rings. The summed E-state index contributed by atoms with van der Waals surface area (Å²) in [5.41, 5.74) is 0.727. The van der Waals surface area contributed by atoms with Crippen LogP contribution in [0.5, 0.6) is 0 Å². The molecule has 1 atom stereocenters. The lowest BCUT2D eigenvalue weighted by Gasteiger charge is -2.33. The standard InChI is InChI=1S/C12H18ClN3O3S2/c1-3-15-12(17)9-7-14-4-5-16(9)21(18,19)10-6-8(2)11(13)20-10/h6,9,14H,3-5,7H2,1-2H3,(H,15,17). The summed E-state index contributed by atoms with van der Waals surface area (Å²) in [6, 6.07) is 0.823. The summed E-state index contributed by atoms with van der Waals surface area (Å²) in [6.07, 6.45) is 0. The quantitative estimate of drug-likeness (QED) is 0.841. The number of hydrogen-bond donors (Lipinski definition) is 2. The monoisotopic (exact) mass is 351 g/mol. The number of likely N-dealkylation sites (N-methyl/N-ethyl adjacent to an activating group) is 1. The van der Waals surface area contributed by atoms with Crippen molar-refractivity contribution in [1.29, 1.82) is 0 Å². The summed E-state index contributed by atoms with van der Waals surface area (Å²) >= 11 is 6.99. The van der Waals surface area contributed by atoms with Crippen LogP contribution >= 0.6 is 22.9 Å². The number of nitrogens with zero attached hydrogens (tertiary/aromatic N) is 1. The lowest BCUT2D eigenvalue weighted by molar-refractivity contribution is -0.125. The van der Waals surface area contributed by atoms with Crippen LogP contribution < -0.4 is 10.6 Å². The van der Waals surface area contributed by atoms with E-state index >= 15 is 0 Å². The molecule has 1 saturated heterocycles. The average Bonchev–Trinajstić information content (AvgIpc) is 2.80. The van der Waals surface area contributed by atoms with E-state index in [1.807, 2.05) is 0 Å². The Labute approximate surface area is 133 Å². The van der Waals surface area contributed by atoms with Crippen LogP contribution in [0.4, 0.5) is 0 Å². The van der Waals surface area contributed by atoms with E-state index in [4.69, 9.17) is 11.6 Å². The second kappa shape index (κ2) is 6.62. The molecule has 0 saturated carbocycles. The molecule has 9 heteroatoms. The molecule has 0 bridgehead atoms. The molecule has 1 unspecified atom stereocenters. The number of sulfonamides is 1. The maximum absolute atomic E-state index is 12.7. The second-order valence-corrected chi connectivity index (χ2v) is 8.52. The fourth-order valence-corrected chi connectivity index (χ4v) is 5.59. The minimum Gasteiger partial charge on any atom is -0.355 e. The van der Waals surface area contributed by atoms with E-state index in [1.54, 1.807) is 19.9 Å². The number of carbonyl (C=O) groups is 1. The van der Waals surface area contributed by atoms with E-state index < -0.39 is 16.1 Å². The van der Waals surface area contributed by atoms with Gasteiger partial charge in [-0.25, -0.2) is 8.42 Å². The van der Waals surface area contributed by atoms with Crippen LogP contribution in [0, 0.1) is 6.92 Å². The van der Waals surface area contributed by atoms with Crippen LogP contribution in [0.15, 0.2) is 10.3 Å². The summed E-state index contributed by atoms with van der Waals surface area (Å²) in [7, 11) is -3.71. The Morgan fingerprint density at radius 1 is 1.62 bits per heavy atom. The molecule has 1 aromatic heterocycles. The van der Waals surface area contributed by atoms with Crippen LogP contribution in [-0.4, -0.2) is 50.9 Å². The fraction of sp³-hybridized carbons (Fsp3) is 0.583. The van der Waals surface area contributed by atoms with Crippen molar-refractivity contribution < 1.29 is 13.2 Å². The zero-order valence-corrected chi connectivity index (χ0v) is 14.2. The van der Waals surface area contributed by atoms with Gasteiger partial charge in [0.05, 0.1) is 4.34 Å². The van der Waals surface area contributed by atoms with Crippen molar-refractivity contribution in [2.75, 3.05) is 26.2 Å². The Morgan fingerprint density at radius 2 is 2.33 bits per heavy atom. The Bertz CT molecular complexity index is 610. The molecule has 0 spiro atoms. The first kappa shape index (κ1) is 16.7. The SMILES string of the molecule is CCNC(=O)C1CNCCN1S(=O)(=O)c1cc(C)c(Cl)s1. The third kappa shape index (κ3) is 3.40. The first-order chi connectivity index (χ1) is 9.87. The lowest BCUT2D eigenvalue weighted by Crippen LogP contribution is -2.59. The largest absolute Gasteiger partial charge is 0.355 e. The molecule has 2 N–H and O–H groups in total. The van der Waals surface area contributed by atoms with Crippen molar-refractivity contribution in [2.24, 2.45) is 0 Å². The smallest absolute Gasteiger partial charge is 0.253 e. The maximum Gasteiger partial charge on any atom is 0.253 e. The molecule has 0 aromatic carbocycles. The van der Waals surface area contributed by atoms with Gasteiger partial charge in [0.15, 0.2) is 0 Å². The van der Waals surface area contributed by atoms with Gasteiger partial charge in [0.25, 0.3) is 10.0 Å². The minimum atomic E-state index is -3.71. The van der Waals surface area contributed by atoms with Gasteiger partial charge in [-0.05, 0) is 25.5 Å². The van der Waals surface area contributed by atoms with Crippen molar-refractivity contribution in [3.63, 3.8) is 0 Å². The molecule has 1 aliphatic heterocycles. The second-order valence-electron chi connectivity index (χ2n) is 4.75. The predicted octanol–water partition coefficient (Wildman–Crippen LogP) is 0.809. The summed E-state index contributed by atoms with van der Waals surface area (Å²) in [5.74, 6) is -0.285. The summed E-state index contributed by atoms with van der Waals surface area (Å²) in [4.78, 5) is 12.1. The number of halogens is 1. The van der Waals surface area contributed by atoms with Gasteiger partial charge in [0.2, 0.25) is 5.91 Å². The Kier molecular flexibility index (Phi) is 5.26. The molecule has 1 aromatic rings. The highest BCUT2D eigenvalue weighted by Gasteiger charge is 2.38. The molecule has 2 rings (SSSR count). The van der Waals surface area contributed by atoms with E-state index in [1.165, 1.54) is 4.31 Å². The molecular weight excluding hydrogens is 334 g/mol. The summed E-state index contributed by atoms with van der Waals surface area (Å²) in [6.45, 7) is 5.12. The highest BCUT2D eigenvalue weighted by molar-refractivity contribution is 7.91. The van der Waals surface area contributed by atoms with Crippen molar-refractivity contribution in [3.8, 4) is 0 Å². The number of thiophene rings is 1. The molecule has 1 aliphatic rings. The first-order valence-electron chi connectivity index (χ1n) is 6.64. The van der Waals surface area contributed by atoms with E-state index in [0.717, 1.165) is 16.9 Å². The third-order valence-corrected chi connectivity index (χ3v) is 7.16. The number of amides is 1. The normalized spacial score (nSPS) is 20.4. The highest BCUT2D eigenvalue weighted by atomic mass is 35.5. The van der Waals surface area contributed by atoms with Gasteiger partial charge in [-0.2, -0.15) is 4.31 Å². The van der Waals surface area contributed by atoms with Crippen LogP contribution in [0.2, 0.25) is 4.34 Å². The number of aryl methyl sites for hydroxylation is 1. The fourth-order valence-electron chi connectivity index (χ4n) is 2.16. The minimum absolute atomic E-state index is 0.182. The number of rotatable bonds is 4. The zero-order chi connectivity index (χ0) is 15.6. The van der Waals surface area contributed by atoms with Crippen LogP contribution in [0.25, 0.3) is 0 Å². The van der Waals surface area contributed by atoms with Crippen molar-refractivity contribution in [3.05, 3.63) is 16.0 Å². The summed E-state index contributed by atoms with van der Waals surface area (Å²) in [5, 5.41) is 5.73. The maximum atomic E-state index is 12.7. The van der Waals surface area contributed by atoms with Gasteiger partial charge >= 0.3 is 0 Å². The van der Waals surface area contributed by atoms with Crippen molar-refractivity contribution >= 4 is 38.9 Å². The number of carbonyl (C=O) groups excluding carboxylic acids is 1. The van der Waals surface area contributed by atoms with Gasteiger partial charge in [-0.15, -0.1) is 11.3 Å². The molecule has 0 aliphatic carbocycles. The van der Waals surface area contributed by atoms with E-state index in [9.17, 15) is 13.2 Å². The van der Waals surface area contributed by atoms with Gasteiger partial charge < -0.3 is 10.6 Å². The van der Waals surface area contributed by atoms with Gasteiger partial charge in [0.1, 0.15) is 10.3 Å². The summed E-state index contributed by atoms with van der Waals surface area (Å²) < 4.78 is 27.4. The Hall–Kier alpha value is -0.670. The molecular formula is C12H18ClN3O3S2. The van der Waals surface area contributed by atoms with Gasteiger partial charge in [-0.3, -0.25) is 4.79 Å². The molecule has 118 valence electrons. The highest BCUT2D eigenvalue weighted by Crippen LogP contribution is 2.32. The number of nitrogens with one attached hydrogen (secondary N) is 2. The number of hydrogen-bond acceptors (Lipinski definition) is 5. The average molecular weight is 352 g/mol. The van der Waals surface area contributed by atoms with Crippen molar-refractivity contribution in [1.82, 2.24) is 14.9 Å². The first-order valence-corrected chi connectivity index (χ1v) is 9.27. The Balaban J connectivity index is 2.33. The molecule has 6 nitrogen and oxygen atoms in total. The van der Waals surface area contributed by atoms with Crippen LogP contribution in [0.3, 0.4) is 0 Å². The van der Waals surface area contributed by atoms with E-state index in [-0.39, 0.29) is 16.7 Å². The van der Waals surface area contributed by atoms with E-state index in [2.05, 4.69) is 10.6 Å². The Morgan fingerprint density at radius 3 is 2.90 bits per heavy atom. The topological polar surface area (TPSA) is 78.5 Å². The van der Waals surface area contributed by atoms with Crippen LogP contribution in [-0.2, 0) is 14.8 Å². The zero-order valence-electron chi connectivity index (χ0n) is 11.8. The van der Waals surface area contributed by atoms with Gasteiger partial charge in [-0.1, -0.05) is 11.6 Å². The molecule has 2 heterocycles. The predicted molar refractivity (Wildman–Crippen MR) is 83.3 cm³/mol. The van der Waals surface area contributed by atoms with E-state index in [0.29, 0.717) is 24.0 Å².